The molecule has 0 N–H and O–H groups in total. The van der Waals surface area contributed by atoms with Crippen LogP contribution in [0.3, 0.4) is 0 Å². The third-order valence-corrected chi connectivity index (χ3v) is 6.70. The van der Waals surface area contributed by atoms with Crippen LogP contribution in [0.1, 0.15) is 35.9 Å². The number of nitrogens with zero attached hydrogens (tertiary/aromatic N) is 3. The van der Waals surface area contributed by atoms with Crippen molar-refractivity contribution in [3.05, 3.63) is 64.1 Å². The first kappa shape index (κ1) is 19.4. The molecular formula is C22H24ClN3OS. The van der Waals surface area contributed by atoms with Crippen LogP contribution in [0.5, 0.6) is 0 Å². The van der Waals surface area contributed by atoms with Crippen molar-refractivity contribution in [1.29, 1.82) is 0 Å². The molecule has 1 amide bonds. The molecule has 1 fully saturated rings. The summed E-state index contributed by atoms with van der Waals surface area (Å²) in [7, 11) is 1.87. The van der Waals surface area contributed by atoms with Gasteiger partial charge in [0.2, 0.25) is 5.91 Å². The molecule has 4 nitrogen and oxygen atoms in total. The molecule has 1 aliphatic heterocycles. The van der Waals surface area contributed by atoms with Crippen molar-refractivity contribution >= 4 is 39.1 Å². The van der Waals surface area contributed by atoms with E-state index in [1.807, 2.05) is 37.4 Å². The third-order valence-electron chi connectivity index (χ3n) is 5.31. The van der Waals surface area contributed by atoms with Gasteiger partial charge in [0.15, 0.2) is 0 Å². The van der Waals surface area contributed by atoms with Crippen LogP contribution in [0.15, 0.2) is 48.5 Å². The molecule has 0 saturated carbocycles. The Morgan fingerprint density at radius 3 is 2.79 bits per heavy atom. The van der Waals surface area contributed by atoms with E-state index in [1.54, 1.807) is 16.2 Å². The van der Waals surface area contributed by atoms with E-state index in [9.17, 15) is 4.79 Å². The molecule has 28 heavy (non-hydrogen) atoms. The molecule has 1 atom stereocenters. The zero-order valence-electron chi connectivity index (χ0n) is 16.0. The number of thiazole rings is 1. The molecule has 6 heteroatoms. The highest BCUT2D eigenvalue weighted by atomic mass is 35.5. The monoisotopic (exact) mass is 413 g/mol. The van der Waals surface area contributed by atoms with Crippen LogP contribution in [0.2, 0.25) is 5.02 Å². The zero-order chi connectivity index (χ0) is 19.5. The molecule has 0 bridgehead atoms. The molecule has 2 heterocycles. The fourth-order valence-corrected chi connectivity index (χ4v) is 5.00. The van der Waals surface area contributed by atoms with Crippen LogP contribution >= 0.6 is 22.9 Å². The minimum absolute atomic E-state index is 0.142. The predicted octanol–water partition coefficient (Wildman–Crippen LogP) is 5.14. The number of halogens is 1. The number of rotatable bonds is 5. The smallest absolute Gasteiger partial charge is 0.236 e. The van der Waals surface area contributed by atoms with Gasteiger partial charge in [-0.05, 0) is 49.2 Å². The van der Waals surface area contributed by atoms with Crippen LogP contribution < -0.4 is 0 Å². The molecule has 0 radical (unpaired) electrons. The number of carbonyl (C=O) groups is 1. The number of likely N-dealkylation sites (N-methyl/N-ethyl adjacent to an activating group) is 1. The molecular weight excluding hydrogens is 390 g/mol. The number of piperidine rings is 1. The molecule has 0 aliphatic carbocycles. The number of aromatic nitrogens is 1. The molecule has 1 saturated heterocycles. The van der Waals surface area contributed by atoms with E-state index in [1.165, 1.54) is 11.1 Å². The van der Waals surface area contributed by atoms with Crippen LogP contribution in [0.4, 0.5) is 0 Å². The predicted molar refractivity (Wildman–Crippen MR) is 116 cm³/mol. The van der Waals surface area contributed by atoms with Gasteiger partial charge in [-0.25, -0.2) is 4.98 Å². The number of fused-ring (bicyclic) bond motifs is 1. The topological polar surface area (TPSA) is 36.4 Å². The summed E-state index contributed by atoms with van der Waals surface area (Å²) in [5, 5.41) is 1.85. The Morgan fingerprint density at radius 2 is 2.00 bits per heavy atom. The van der Waals surface area contributed by atoms with Crippen molar-refractivity contribution in [2.75, 3.05) is 20.1 Å². The van der Waals surface area contributed by atoms with Gasteiger partial charge in [-0.15, -0.1) is 11.3 Å². The summed E-state index contributed by atoms with van der Waals surface area (Å²) in [6.45, 7) is 1.97. The van der Waals surface area contributed by atoms with Crippen LogP contribution in [-0.4, -0.2) is 40.8 Å². The van der Waals surface area contributed by atoms with Crippen molar-refractivity contribution in [3.8, 4) is 0 Å². The van der Waals surface area contributed by atoms with E-state index in [0.29, 0.717) is 18.1 Å². The minimum atomic E-state index is 0.142. The highest BCUT2D eigenvalue weighted by Crippen LogP contribution is 2.35. The van der Waals surface area contributed by atoms with Crippen molar-refractivity contribution < 1.29 is 4.79 Å². The van der Waals surface area contributed by atoms with Gasteiger partial charge < -0.3 is 4.90 Å². The summed E-state index contributed by atoms with van der Waals surface area (Å²) in [5.74, 6) is 0.142. The fourth-order valence-electron chi connectivity index (χ4n) is 3.74. The quantitative estimate of drug-likeness (QED) is 0.581. The number of para-hydroxylation sites is 1. The maximum Gasteiger partial charge on any atom is 0.236 e. The second-order valence-electron chi connectivity index (χ2n) is 7.38. The summed E-state index contributed by atoms with van der Waals surface area (Å²) in [5.41, 5.74) is 2.14. The SMILES string of the molecule is CN(Cc1ccc(Cl)cc1)C(=O)CN1CCCC[C@H]1c1nc2ccccc2s1. The number of hydrogen-bond acceptors (Lipinski definition) is 4. The average Bonchev–Trinajstić information content (AvgIpc) is 3.14. The standard InChI is InChI=1S/C22H24ClN3OS/c1-25(14-16-9-11-17(23)12-10-16)21(27)15-26-13-5-4-7-19(26)22-24-18-6-2-3-8-20(18)28-22/h2-3,6,8-12,19H,4-5,7,13-15H2,1H3/t19-/m0/s1. The van der Waals surface area contributed by atoms with Crippen LogP contribution in [-0.2, 0) is 11.3 Å². The van der Waals surface area contributed by atoms with E-state index in [-0.39, 0.29) is 11.9 Å². The van der Waals surface area contributed by atoms with Gasteiger partial charge in [0.1, 0.15) is 5.01 Å². The fraction of sp³-hybridized carbons (Fsp3) is 0.364. The van der Waals surface area contributed by atoms with Gasteiger partial charge in [0.25, 0.3) is 0 Å². The minimum Gasteiger partial charge on any atom is -0.340 e. The number of benzene rings is 2. The second kappa shape index (κ2) is 8.60. The summed E-state index contributed by atoms with van der Waals surface area (Å²) in [6.07, 6.45) is 3.38. The molecule has 1 aliphatic rings. The van der Waals surface area contributed by atoms with E-state index in [4.69, 9.17) is 16.6 Å². The van der Waals surface area contributed by atoms with Crippen molar-refractivity contribution in [2.45, 2.75) is 31.8 Å². The van der Waals surface area contributed by atoms with Crippen LogP contribution in [0.25, 0.3) is 10.2 Å². The zero-order valence-corrected chi connectivity index (χ0v) is 17.5. The first-order chi connectivity index (χ1) is 13.6. The Morgan fingerprint density at radius 1 is 1.21 bits per heavy atom. The van der Waals surface area contributed by atoms with Crippen LogP contribution in [0, 0.1) is 0 Å². The number of carbonyl (C=O) groups excluding carboxylic acids is 1. The Hall–Kier alpha value is -1.95. The summed E-state index contributed by atoms with van der Waals surface area (Å²) in [4.78, 5) is 21.8. The Bertz CT molecular complexity index is 923. The second-order valence-corrected chi connectivity index (χ2v) is 8.88. The molecule has 4 rings (SSSR count). The van der Waals surface area contributed by atoms with E-state index in [0.717, 1.165) is 35.5 Å². The maximum absolute atomic E-state index is 12.9. The molecule has 1 aromatic heterocycles. The first-order valence-corrected chi connectivity index (χ1v) is 10.9. The highest BCUT2D eigenvalue weighted by molar-refractivity contribution is 7.18. The van der Waals surface area contributed by atoms with Gasteiger partial charge >= 0.3 is 0 Å². The Labute approximate surface area is 174 Å². The van der Waals surface area contributed by atoms with Gasteiger partial charge in [0.05, 0.1) is 22.8 Å². The summed E-state index contributed by atoms with van der Waals surface area (Å²) in [6, 6.07) is 16.2. The highest BCUT2D eigenvalue weighted by Gasteiger charge is 2.29. The lowest BCUT2D eigenvalue weighted by atomic mass is 10.0. The Kier molecular flexibility index (Phi) is 5.95. The van der Waals surface area contributed by atoms with Gasteiger partial charge in [-0.1, -0.05) is 42.3 Å². The maximum atomic E-state index is 12.9. The lowest BCUT2D eigenvalue weighted by Crippen LogP contribution is -2.42. The van der Waals surface area contributed by atoms with E-state index < -0.39 is 0 Å². The van der Waals surface area contributed by atoms with Gasteiger partial charge in [0, 0.05) is 18.6 Å². The molecule has 2 aromatic carbocycles. The normalized spacial score (nSPS) is 17.7. The van der Waals surface area contributed by atoms with Crippen molar-refractivity contribution in [3.63, 3.8) is 0 Å². The number of hydrogen-bond donors (Lipinski definition) is 0. The van der Waals surface area contributed by atoms with Gasteiger partial charge in [-0.3, -0.25) is 9.69 Å². The lowest BCUT2D eigenvalue weighted by molar-refractivity contribution is -0.132. The Balaban J connectivity index is 1.45. The number of likely N-dealkylation sites (tertiary alicyclic amines) is 1. The number of amides is 1. The largest absolute Gasteiger partial charge is 0.340 e. The van der Waals surface area contributed by atoms with Crippen molar-refractivity contribution in [2.24, 2.45) is 0 Å². The van der Waals surface area contributed by atoms with Gasteiger partial charge in [-0.2, -0.15) is 0 Å². The average molecular weight is 414 g/mol. The molecule has 0 spiro atoms. The van der Waals surface area contributed by atoms with Crippen molar-refractivity contribution in [1.82, 2.24) is 14.8 Å². The summed E-state index contributed by atoms with van der Waals surface area (Å²) < 4.78 is 1.22. The molecule has 0 unspecified atom stereocenters. The third kappa shape index (κ3) is 4.37. The molecule has 146 valence electrons. The summed E-state index contributed by atoms with van der Waals surface area (Å²) >= 11 is 7.71. The van der Waals surface area contributed by atoms with E-state index >= 15 is 0 Å². The first-order valence-electron chi connectivity index (χ1n) is 9.68. The molecule has 3 aromatic rings. The van der Waals surface area contributed by atoms with E-state index in [2.05, 4.69) is 23.1 Å². The lowest BCUT2D eigenvalue weighted by Gasteiger charge is -2.34.